The lowest BCUT2D eigenvalue weighted by molar-refractivity contribution is -0.210. The topological polar surface area (TPSA) is 27.8 Å². The largest absolute Gasteiger partial charge is 0.416 e. The van der Waals surface area contributed by atoms with E-state index in [9.17, 15) is 18.3 Å². The minimum atomic E-state index is -4.64. The van der Waals surface area contributed by atoms with E-state index in [0.717, 1.165) is 6.42 Å². The van der Waals surface area contributed by atoms with Crippen molar-refractivity contribution in [3.05, 3.63) is 34.6 Å². The average Bonchev–Trinajstić information content (AvgIpc) is 3.08. The molecule has 1 N–H and O–H groups in total. The Hall–Kier alpha value is -1.45. The van der Waals surface area contributed by atoms with Crippen LogP contribution in [0.3, 0.4) is 0 Å². The molecule has 7 heteroatoms. The molecule has 112 valence electrons. The van der Waals surface area contributed by atoms with E-state index in [1.54, 1.807) is 11.0 Å². The first-order valence-corrected chi connectivity index (χ1v) is 6.89. The lowest BCUT2D eigenvalue weighted by Crippen LogP contribution is -2.49. The van der Waals surface area contributed by atoms with Gasteiger partial charge in [-0.2, -0.15) is 13.2 Å². The first kappa shape index (κ1) is 14.5. The summed E-state index contributed by atoms with van der Waals surface area (Å²) in [6, 6.07) is 3.60. The molecule has 2 aliphatic rings. The van der Waals surface area contributed by atoms with Crippen molar-refractivity contribution in [1.82, 2.24) is 0 Å². The van der Waals surface area contributed by atoms with Gasteiger partial charge >= 0.3 is 6.18 Å². The standard InChI is InChI=1S/C14H12ClF3N2O/c1-19-11-3-2-8(5-10(11)15)20-6-7-4-9(7)12(20)13(21)14(16,17)18/h2-3,5,7,9,12-13,21H,4,6H2/t7-,9-,12+,13-/m0/s1. The molecule has 2 fully saturated rings. The van der Waals surface area contributed by atoms with Crippen molar-refractivity contribution in [3.8, 4) is 0 Å². The number of benzene rings is 1. The molecule has 1 aliphatic heterocycles. The third-order valence-corrected chi connectivity index (χ3v) is 4.55. The molecule has 4 atom stereocenters. The molecule has 0 unspecified atom stereocenters. The third kappa shape index (κ3) is 2.45. The van der Waals surface area contributed by atoms with Crippen LogP contribution in [0.15, 0.2) is 18.2 Å². The second-order valence-corrected chi connectivity index (χ2v) is 5.94. The first-order valence-electron chi connectivity index (χ1n) is 6.51. The van der Waals surface area contributed by atoms with Gasteiger partial charge in [-0.25, -0.2) is 4.85 Å². The highest BCUT2D eigenvalue weighted by molar-refractivity contribution is 6.33. The summed E-state index contributed by atoms with van der Waals surface area (Å²) in [5, 5.41) is 9.85. The Morgan fingerprint density at radius 3 is 2.71 bits per heavy atom. The number of hydrogen-bond donors (Lipinski definition) is 1. The molecule has 3 nitrogen and oxygen atoms in total. The van der Waals surface area contributed by atoms with Gasteiger partial charge in [-0.15, -0.1) is 0 Å². The number of aliphatic hydroxyl groups excluding tert-OH is 1. The van der Waals surface area contributed by atoms with Crippen molar-refractivity contribution in [2.75, 3.05) is 11.4 Å². The zero-order valence-electron chi connectivity index (χ0n) is 10.8. The van der Waals surface area contributed by atoms with E-state index in [2.05, 4.69) is 4.85 Å². The number of piperidine rings is 1. The van der Waals surface area contributed by atoms with Crippen LogP contribution >= 0.6 is 11.6 Å². The number of fused-ring (bicyclic) bond motifs is 1. The summed E-state index contributed by atoms with van der Waals surface area (Å²) in [7, 11) is 0. The average molecular weight is 317 g/mol. The van der Waals surface area contributed by atoms with Gasteiger partial charge in [-0.05, 0) is 30.4 Å². The van der Waals surface area contributed by atoms with Crippen molar-refractivity contribution >= 4 is 23.0 Å². The van der Waals surface area contributed by atoms with Gasteiger partial charge in [0.2, 0.25) is 5.69 Å². The number of halogens is 4. The predicted molar refractivity (Wildman–Crippen MR) is 72.5 cm³/mol. The third-order valence-electron chi connectivity index (χ3n) is 4.25. The fraction of sp³-hybridized carbons (Fsp3) is 0.500. The van der Waals surface area contributed by atoms with Crippen LogP contribution in [0.4, 0.5) is 24.5 Å². The molecule has 0 bridgehead atoms. The minimum absolute atomic E-state index is 0.124. The summed E-state index contributed by atoms with van der Waals surface area (Å²) >= 11 is 5.95. The summed E-state index contributed by atoms with van der Waals surface area (Å²) in [6.45, 7) is 7.41. The van der Waals surface area contributed by atoms with Crippen LogP contribution in [-0.4, -0.2) is 30.0 Å². The maximum absolute atomic E-state index is 12.8. The smallest absolute Gasteiger partial charge is 0.382 e. The van der Waals surface area contributed by atoms with E-state index in [-0.39, 0.29) is 22.5 Å². The van der Waals surface area contributed by atoms with Crippen LogP contribution < -0.4 is 4.90 Å². The summed E-state index contributed by atoms with van der Waals surface area (Å²) < 4.78 is 38.5. The summed E-state index contributed by atoms with van der Waals surface area (Å²) in [5.74, 6) is 0.0762. The van der Waals surface area contributed by atoms with Crippen LogP contribution in [0.5, 0.6) is 0 Å². The van der Waals surface area contributed by atoms with Gasteiger partial charge in [0.1, 0.15) is 0 Å². The molecule has 0 aromatic heterocycles. The number of alkyl halides is 3. The van der Waals surface area contributed by atoms with E-state index >= 15 is 0 Å². The molecule has 0 radical (unpaired) electrons. The molecular weight excluding hydrogens is 305 g/mol. The predicted octanol–water partition coefficient (Wildman–Crippen LogP) is 3.64. The molecule has 1 saturated heterocycles. The molecule has 1 saturated carbocycles. The fourth-order valence-corrected chi connectivity index (χ4v) is 3.36. The van der Waals surface area contributed by atoms with Crippen molar-refractivity contribution in [1.29, 1.82) is 0 Å². The lowest BCUT2D eigenvalue weighted by Gasteiger charge is -2.34. The number of hydrogen-bond acceptors (Lipinski definition) is 2. The van der Waals surface area contributed by atoms with Crippen LogP contribution in [-0.2, 0) is 0 Å². The van der Waals surface area contributed by atoms with E-state index in [0.29, 0.717) is 12.2 Å². The summed E-state index contributed by atoms with van der Waals surface area (Å²) in [6.07, 6.45) is -6.28. The first-order chi connectivity index (χ1) is 9.82. The number of rotatable bonds is 2. The lowest BCUT2D eigenvalue weighted by atomic mass is 10.0. The molecule has 1 aromatic rings. The number of anilines is 1. The van der Waals surface area contributed by atoms with Gasteiger partial charge < -0.3 is 10.0 Å². The van der Waals surface area contributed by atoms with Gasteiger partial charge in [-0.1, -0.05) is 17.7 Å². The fourth-order valence-electron chi connectivity index (χ4n) is 3.15. The molecule has 0 amide bonds. The Kier molecular flexibility index (Phi) is 3.30. The van der Waals surface area contributed by atoms with Crippen LogP contribution in [0.1, 0.15) is 6.42 Å². The van der Waals surface area contributed by atoms with Gasteiger partial charge in [0.15, 0.2) is 6.10 Å². The van der Waals surface area contributed by atoms with Crippen LogP contribution in [0, 0.1) is 18.4 Å². The Balaban J connectivity index is 1.91. The molecule has 1 aliphatic carbocycles. The Labute approximate surface area is 124 Å². The van der Waals surface area contributed by atoms with Crippen molar-refractivity contribution in [2.45, 2.75) is 24.7 Å². The zero-order chi connectivity index (χ0) is 15.4. The minimum Gasteiger partial charge on any atom is -0.382 e. The molecular formula is C14H12ClF3N2O. The zero-order valence-corrected chi connectivity index (χ0v) is 11.6. The van der Waals surface area contributed by atoms with Crippen molar-refractivity contribution in [2.24, 2.45) is 11.8 Å². The molecule has 1 aromatic carbocycles. The quantitative estimate of drug-likeness (QED) is 0.844. The Bertz CT molecular complexity index is 613. The maximum atomic E-state index is 12.8. The molecule has 0 spiro atoms. The second-order valence-electron chi connectivity index (χ2n) is 5.54. The number of nitrogens with zero attached hydrogens (tertiary/aromatic N) is 2. The van der Waals surface area contributed by atoms with E-state index in [1.807, 2.05) is 0 Å². The summed E-state index contributed by atoms with van der Waals surface area (Å²) in [5.41, 5.74) is 0.783. The van der Waals surface area contributed by atoms with Gasteiger partial charge in [0, 0.05) is 17.3 Å². The van der Waals surface area contributed by atoms with Gasteiger partial charge in [0.05, 0.1) is 12.6 Å². The highest BCUT2D eigenvalue weighted by Gasteiger charge is 2.60. The highest BCUT2D eigenvalue weighted by Crippen LogP contribution is 2.53. The molecule has 1 heterocycles. The summed E-state index contributed by atoms with van der Waals surface area (Å²) in [4.78, 5) is 4.79. The van der Waals surface area contributed by atoms with E-state index < -0.39 is 18.3 Å². The van der Waals surface area contributed by atoms with Crippen molar-refractivity contribution < 1.29 is 18.3 Å². The number of aliphatic hydroxyl groups is 1. The highest BCUT2D eigenvalue weighted by atomic mass is 35.5. The van der Waals surface area contributed by atoms with Gasteiger partial charge in [-0.3, -0.25) is 0 Å². The normalized spacial score (nSPS) is 29.0. The Morgan fingerprint density at radius 2 is 2.14 bits per heavy atom. The SMILES string of the molecule is [C-]#[N+]c1ccc(N2C[C@@H]3C[C@@H]3[C@@H]2[C@H](O)C(F)(F)F)cc1Cl. The van der Waals surface area contributed by atoms with Crippen LogP contribution in [0.25, 0.3) is 4.85 Å². The maximum Gasteiger partial charge on any atom is 0.416 e. The van der Waals surface area contributed by atoms with Crippen LogP contribution in [0.2, 0.25) is 5.02 Å². The van der Waals surface area contributed by atoms with E-state index in [4.69, 9.17) is 18.2 Å². The molecule has 3 rings (SSSR count). The van der Waals surface area contributed by atoms with E-state index in [1.165, 1.54) is 12.1 Å². The molecule has 21 heavy (non-hydrogen) atoms. The Morgan fingerprint density at radius 1 is 1.43 bits per heavy atom. The van der Waals surface area contributed by atoms with Crippen molar-refractivity contribution in [3.63, 3.8) is 0 Å². The monoisotopic (exact) mass is 316 g/mol. The second kappa shape index (κ2) is 4.79. The van der Waals surface area contributed by atoms with Gasteiger partial charge in [0.25, 0.3) is 0 Å².